The Morgan fingerprint density at radius 2 is 1.80 bits per heavy atom. The first-order valence-corrected chi connectivity index (χ1v) is 7.41. The molecule has 1 saturated heterocycles. The summed E-state index contributed by atoms with van der Waals surface area (Å²) in [6, 6.07) is 0. The average molecular weight is 284 g/mol. The van der Waals surface area contributed by atoms with Gasteiger partial charge in [-0.05, 0) is 32.4 Å². The van der Waals surface area contributed by atoms with Gasteiger partial charge in [0.25, 0.3) is 0 Å². The summed E-state index contributed by atoms with van der Waals surface area (Å²) in [7, 11) is 2.06. The van der Waals surface area contributed by atoms with Gasteiger partial charge in [0.15, 0.2) is 0 Å². The van der Waals surface area contributed by atoms with Crippen LogP contribution in [0.2, 0.25) is 0 Å². The van der Waals surface area contributed by atoms with Crippen molar-refractivity contribution in [3.05, 3.63) is 0 Å². The molecule has 1 fully saturated rings. The third-order valence-electron chi connectivity index (χ3n) is 3.67. The first kappa shape index (κ1) is 17.0. The first-order chi connectivity index (χ1) is 9.27. The Morgan fingerprint density at radius 3 is 2.35 bits per heavy atom. The molecule has 1 aliphatic rings. The summed E-state index contributed by atoms with van der Waals surface area (Å²) in [6.45, 7) is 11.1. The van der Waals surface area contributed by atoms with Crippen LogP contribution >= 0.6 is 0 Å². The van der Waals surface area contributed by atoms with E-state index in [1.54, 1.807) is 6.92 Å². The molecule has 20 heavy (non-hydrogen) atoms. The number of ether oxygens (including phenoxy) is 1. The van der Waals surface area contributed by atoms with Gasteiger partial charge in [-0.15, -0.1) is 0 Å². The van der Waals surface area contributed by atoms with E-state index in [1.165, 1.54) is 0 Å². The molecule has 1 atom stereocenters. The minimum absolute atomic E-state index is 0.0914. The van der Waals surface area contributed by atoms with Crippen LogP contribution in [0.5, 0.6) is 0 Å². The maximum Gasteiger partial charge on any atom is 0.319 e. The molecule has 0 aromatic heterocycles. The molecule has 1 aliphatic heterocycles. The minimum Gasteiger partial charge on any atom is -0.465 e. The van der Waals surface area contributed by atoms with E-state index in [0.29, 0.717) is 13.2 Å². The first-order valence-electron chi connectivity index (χ1n) is 7.41. The highest BCUT2D eigenvalue weighted by atomic mass is 16.5. The zero-order chi connectivity index (χ0) is 15.3. The van der Waals surface area contributed by atoms with Gasteiger partial charge in [0.2, 0.25) is 5.91 Å². The van der Waals surface area contributed by atoms with Crippen molar-refractivity contribution >= 4 is 11.9 Å². The second-order valence-corrected chi connectivity index (χ2v) is 6.53. The molecule has 1 unspecified atom stereocenters. The van der Waals surface area contributed by atoms with Crippen LogP contribution in [-0.2, 0) is 14.3 Å². The zero-order valence-corrected chi connectivity index (χ0v) is 13.4. The molecule has 0 radical (unpaired) electrons. The summed E-state index contributed by atoms with van der Waals surface area (Å²) in [4.78, 5) is 28.9. The number of likely N-dealkylation sites (N-methyl/N-ethyl adjacent to an activating group) is 1. The summed E-state index contributed by atoms with van der Waals surface area (Å²) in [5.41, 5.74) is -0.429. The van der Waals surface area contributed by atoms with E-state index >= 15 is 0 Å². The molecule has 0 bridgehead atoms. The fraction of sp³-hybridized carbons (Fsp3) is 0.867. The highest BCUT2D eigenvalue weighted by Crippen LogP contribution is 2.29. The van der Waals surface area contributed by atoms with Crippen molar-refractivity contribution in [2.24, 2.45) is 11.3 Å². The third kappa shape index (κ3) is 4.47. The van der Waals surface area contributed by atoms with Crippen LogP contribution in [0.4, 0.5) is 0 Å². The standard InChI is InChI=1S/C15H28N2O3/c1-6-20-14(19)12(15(2,3)4)13(18)17-9-7-8-16(5)10-11-17/h12H,6-11H2,1-5H3. The predicted octanol–water partition coefficient (Wildman–Crippen LogP) is 1.38. The lowest BCUT2D eigenvalue weighted by Gasteiger charge is -2.32. The van der Waals surface area contributed by atoms with Crippen molar-refractivity contribution in [2.75, 3.05) is 39.8 Å². The van der Waals surface area contributed by atoms with Crippen LogP contribution in [-0.4, -0.2) is 61.5 Å². The Kier molecular flexibility index (Phi) is 5.99. The zero-order valence-electron chi connectivity index (χ0n) is 13.4. The monoisotopic (exact) mass is 284 g/mol. The molecule has 0 N–H and O–H groups in total. The number of rotatable bonds is 3. The number of esters is 1. The van der Waals surface area contributed by atoms with Crippen LogP contribution < -0.4 is 0 Å². The fourth-order valence-corrected chi connectivity index (χ4v) is 2.50. The molecule has 0 saturated carbocycles. The highest BCUT2D eigenvalue weighted by Gasteiger charge is 2.41. The van der Waals surface area contributed by atoms with Gasteiger partial charge >= 0.3 is 5.97 Å². The van der Waals surface area contributed by atoms with E-state index in [0.717, 1.165) is 26.1 Å². The largest absolute Gasteiger partial charge is 0.465 e. The minimum atomic E-state index is -0.717. The molecule has 1 heterocycles. The van der Waals surface area contributed by atoms with E-state index in [-0.39, 0.29) is 5.91 Å². The molecule has 116 valence electrons. The summed E-state index contributed by atoms with van der Waals surface area (Å²) in [5.74, 6) is -1.21. The van der Waals surface area contributed by atoms with Crippen molar-refractivity contribution in [3.8, 4) is 0 Å². The van der Waals surface area contributed by atoms with E-state index in [9.17, 15) is 9.59 Å². The summed E-state index contributed by atoms with van der Waals surface area (Å²) >= 11 is 0. The molecule has 0 aliphatic carbocycles. The van der Waals surface area contributed by atoms with Crippen molar-refractivity contribution in [3.63, 3.8) is 0 Å². The normalized spacial score (nSPS) is 19.4. The number of carbonyl (C=O) groups is 2. The van der Waals surface area contributed by atoms with Gasteiger partial charge in [-0.25, -0.2) is 0 Å². The second kappa shape index (κ2) is 7.07. The van der Waals surface area contributed by atoms with Crippen molar-refractivity contribution in [1.29, 1.82) is 0 Å². The van der Waals surface area contributed by atoms with Gasteiger partial charge in [0, 0.05) is 19.6 Å². The Bertz CT molecular complexity index is 350. The molecule has 5 nitrogen and oxygen atoms in total. The number of carbonyl (C=O) groups excluding carboxylic acids is 2. The molecule has 1 amide bonds. The highest BCUT2D eigenvalue weighted by molar-refractivity contribution is 5.98. The summed E-state index contributed by atoms with van der Waals surface area (Å²) < 4.78 is 5.10. The number of hydrogen-bond acceptors (Lipinski definition) is 4. The summed E-state index contributed by atoms with van der Waals surface area (Å²) in [5, 5.41) is 0. The van der Waals surface area contributed by atoms with Crippen molar-refractivity contribution in [1.82, 2.24) is 9.80 Å². The predicted molar refractivity (Wildman–Crippen MR) is 78.3 cm³/mol. The summed E-state index contributed by atoms with van der Waals surface area (Å²) in [6.07, 6.45) is 0.946. The molecule has 5 heteroatoms. The van der Waals surface area contributed by atoms with Crippen molar-refractivity contribution in [2.45, 2.75) is 34.1 Å². The lowest BCUT2D eigenvalue weighted by Crippen LogP contribution is -2.47. The Balaban J connectivity index is 2.84. The van der Waals surface area contributed by atoms with Crippen LogP contribution in [0.3, 0.4) is 0 Å². The quantitative estimate of drug-likeness (QED) is 0.580. The molecule has 1 rings (SSSR count). The number of nitrogens with zero attached hydrogens (tertiary/aromatic N) is 2. The van der Waals surface area contributed by atoms with Crippen molar-refractivity contribution < 1.29 is 14.3 Å². The topological polar surface area (TPSA) is 49.9 Å². The second-order valence-electron chi connectivity index (χ2n) is 6.53. The van der Waals surface area contributed by atoms with Crippen LogP contribution in [0, 0.1) is 11.3 Å². The maximum absolute atomic E-state index is 12.7. The van der Waals surface area contributed by atoms with Gasteiger partial charge < -0.3 is 14.5 Å². The van der Waals surface area contributed by atoms with E-state index in [1.807, 2.05) is 25.7 Å². The average Bonchev–Trinajstić information content (AvgIpc) is 2.52. The lowest BCUT2D eigenvalue weighted by molar-refractivity contribution is -0.160. The maximum atomic E-state index is 12.7. The van der Waals surface area contributed by atoms with E-state index in [4.69, 9.17) is 4.74 Å². The van der Waals surface area contributed by atoms with Gasteiger partial charge in [-0.2, -0.15) is 0 Å². The lowest BCUT2D eigenvalue weighted by atomic mass is 9.79. The van der Waals surface area contributed by atoms with Gasteiger partial charge in [0.05, 0.1) is 6.61 Å². The van der Waals surface area contributed by atoms with Crippen LogP contribution in [0.25, 0.3) is 0 Å². The Labute approximate surface area is 122 Å². The fourth-order valence-electron chi connectivity index (χ4n) is 2.50. The Hall–Kier alpha value is -1.10. The number of hydrogen-bond donors (Lipinski definition) is 0. The van der Waals surface area contributed by atoms with Gasteiger partial charge in [-0.1, -0.05) is 20.8 Å². The SMILES string of the molecule is CCOC(=O)C(C(=O)N1CCCN(C)CC1)C(C)(C)C. The third-order valence-corrected chi connectivity index (χ3v) is 3.67. The van der Waals surface area contributed by atoms with Crippen LogP contribution in [0.15, 0.2) is 0 Å². The molecule has 0 aromatic rings. The smallest absolute Gasteiger partial charge is 0.319 e. The van der Waals surface area contributed by atoms with E-state index in [2.05, 4.69) is 11.9 Å². The van der Waals surface area contributed by atoms with E-state index < -0.39 is 17.3 Å². The number of amides is 1. The van der Waals surface area contributed by atoms with Gasteiger partial charge in [0.1, 0.15) is 5.92 Å². The van der Waals surface area contributed by atoms with Crippen LogP contribution in [0.1, 0.15) is 34.1 Å². The molecule has 0 aromatic carbocycles. The van der Waals surface area contributed by atoms with Gasteiger partial charge in [-0.3, -0.25) is 9.59 Å². The molecule has 0 spiro atoms. The molecular formula is C15H28N2O3. The Morgan fingerprint density at radius 1 is 1.15 bits per heavy atom. The molecular weight excluding hydrogens is 256 g/mol.